The standard InChI is InChI=1S/C3H9ClOSi/c1-5-3(6)2-4/h3H,2H2,1,6H3. The molecule has 0 saturated heterocycles. The Labute approximate surface area is 46.1 Å². The van der Waals surface area contributed by atoms with Crippen molar-refractivity contribution in [3.8, 4) is 0 Å². The molecule has 1 atom stereocenters. The van der Waals surface area contributed by atoms with Crippen LogP contribution >= 0.6 is 11.6 Å². The van der Waals surface area contributed by atoms with Gasteiger partial charge in [0.25, 0.3) is 0 Å². The van der Waals surface area contributed by atoms with E-state index in [2.05, 4.69) is 0 Å². The van der Waals surface area contributed by atoms with E-state index in [1.807, 2.05) is 0 Å². The fourth-order valence-electron chi connectivity index (χ4n) is 0.0630. The zero-order valence-corrected chi connectivity index (χ0v) is 6.83. The first-order valence-corrected chi connectivity index (χ1v) is 3.59. The molecule has 3 heteroatoms. The molecule has 0 aliphatic rings. The lowest BCUT2D eigenvalue weighted by atomic mass is 10.8. The van der Waals surface area contributed by atoms with Crippen molar-refractivity contribution in [1.82, 2.24) is 0 Å². The van der Waals surface area contributed by atoms with Crippen molar-refractivity contribution in [2.24, 2.45) is 0 Å². The largest absolute Gasteiger partial charge is 0.385 e. The molecule has 0 rings (SSSR count). The summed E-state index contributed by atoms with van der Waals surface area (Å²) in [5, 5.41) is 0. The molecule has 0 N–H and O–H groups in total. The van der Waals surface area contributed by atoms with Gasteiger partial charge < -0.3 is 4.74 Å². The highest BCUT2D eigenvalue weighted by atomic mass is 35.5. The van der Waals surface area contributed by atoms with E-state index in [-0.39, 0.29) is 0 Å². The molecule has 1 unspecified atom stereocenters. The summed E-state index contributed by atoms with van der Waals surface area (Å²) in [6.07, 6.45) is 0. The highest BCUT2D eigenvalue weighted by Crippen LogP contribution is 1.83. The van der Waals surface area contributed by atoms with Gasteiger partial charge in [0, 0.05) is 23.2 Å². The minimum Gasteiger partial charge on any atom is -0.385 e. The van der Waals surface area contributed by atoms with Crippen molar-refractivity contribution < 1.29 is 4.74 Å². The number of ether oxygens (including phenoxy) is 1. The van der Waals surface area contributed by atoms with Crippen LogP contribution < -0.4 is 0 Å². The van der Waals surface area contributed by atoms with Crippen LogP contribution in [0.25, 0.3) is 0 Å². The van der Waals surface area contributed by atoms with Gasteiger partial charge in [0.15, 0.2) is 0 Å². The van der Waals surface area contributed by atoms with E-state index in [1.54, 1.807) is 7.11 Å². The molecule has 0 aromatic rings. The first kappa shape index (κ1) is 6.47. The van der Waals surface area contributed by atoms with E-state index in [9.17, 15) is 0 Å². The van der Waals surface area contributed by atoms with Crippen LogP contribution in [-0.2, 0) is 4.74 Å². The van der Waals surface area contributed by atoms with Crippen molar-refractivity contribution in [2.75, 3.05) is 13.0 Å². The van der Waals surface area contributed by atoms with E-state index in [0.717, 1.165) is 10.2 Å². The van der Waals surface area contributed by atoms with Crippen LogP contribution in [-0.4, -0.2) is 29.0 Å². The summed E-state index contributed by atoms with van der Waals surface area (Å²) in [5.41, 5.74) is 0.340. The smallest absolute Gasteiger partial charge is 0.0512 e. The third-order valence-electron chi connectivity index (χ3n) is 0.620. The Morgan fingerprint density at radius 2 is 2.50 bits per heavy atom. The molecule has 0 radical (unpaired) electrons. The maximum Gasteiger partial charge on any atom is 0.0512 e. The molecule has 1 nitrogen and oxygen atoms in total. The van der Waals surface area contributed by atoms with Crippen molar-refractivity contribution in [3.05, 3.63) is 0 Å². The Morgan fingerprint density at radius 1 is 2.00 bits per heavy atom. The van der Waals surface area contributed by atoms with Crippen molar-refractivity contribution in [2.45, 2.75) is 5.73 Å². The zero-order chi connectivity index (χ0) is 4.99. The second kappa shape index (κ2) is 3.65. The van der Waals surface area contributed by atoms with E-state index >= 15 is 0 Å². The Hall–Kier alpha value is 0.467. The Morgan fingerprint density at radius 3 is 2.50 bits per heavy atom. The predicted octanol–water partition coefficient (Wildman–Crippen LogP) is -0.437. The van der Waals surface area contributed by atoms with Crippen molar-refractivity contribution >= 4 is 21.8 Å². The van der Waals surface area contributed by atoms with E-state index < -0.39 is 0 Å². The molecule has 0 heterocycles. The average molecular weight is 125 g/mol. The fraction of sp³-hybridized carbons (Fsp3) is 1.00. The molecule has 0 amide bonds. The number of alkyl halides is 1. The van der Waals surface area contributed by atoms with Gasteiger partial charge >= 0.3 is 0 Å². The Kier molecular flexibility index (Phi) is 3.93. The monoisotopic (exact) mass is 124 g/mol. The summed E-state index contributed by atoms with van der Waals surface area (Å²) in [6.45, 7) is 0. The van der Waals surface area contributed by atoms with Crippen LogP contribution in [0.1, 0.15) is 0 Å². The molecule has 0 saturated carbocycles. The SMILES string of the molecule is COC([SiH3])CCl. The second-order valence-corrected chi connectivity index (χ2v) is 2.80. The quantitative estimate of drug-likeness (QED) is 0.359. The summed E-state index contributed by atoms with van der Waals surface area (Å²) in [4.78, 5) is 0. The molecule has 0 spiro atoms. The Balaban J connectivity index is 2.75. The van der Waals surface area contributed by atoms with Gasteiger partial charge in [-0.05, 0) is 0 Å². The normalized spacial score (nSPS) is 15.0. The zero-order valence-electron chi connectivity index (χ0n) is 4.07. The summed E-state index contributed by atoms with van der Waals surface area (Å²) >= 11 is 5.36. The second-order valence-electron chi connectivity index (χ2n) is 1.20. The molecule has 0 aromatic heterocycles. The molecule has 0 fully saturated rings. The van der Waals surface area contributed by atoms with Crippen LogP contribution in [0.5, 0.6) is 0 Å². The van der Waals surface area contributed by atoms with Gasteiger partial charge in [0.1, 0.15) is 0 Å². The maximum absolute atomic E-state index is 5.36. The lowest BCUT2D eigenvalue weighted by Crippen LogP contribution is -2.10. The van der Waals surface area contributed by atoms with Gasteiger partial charge in [-0.15, -0.1) is 11.6 Å². The number of hydrogen-bond donors (Lipinski definition) is 0. The number of halogens is 1. The van der Waals surface area contributed by atoms with Crippen LogP contribution in [0.3, 0.4) is 0 Å². The van der Waals surface area contributed by atoms with Crippen molar-refractivity contribution in [1.29, 1.82) is 0 Å². The average Bonchev–Trinajstić information content (AvgIpc) is 1.65. The van der Waals surface area contributed by atoms with Gasteiger partial charge in [-0.3, -0.25) is 0 Å². The number of methoxy groups -OCH3 is 1. The molecule has 0 aromatic carbocycles. The first-order chi connectivity index (χ1) is 2.81. The Bertz CT molecular complexity index is 30.0. The van der Waals surface area contributed by atoms with Gasteiger partial charge in [0.05, 0.1) is 5.73 Å². The topological polar surface area (TPSA) is 9.23 Å². The van der Waals surface area contributed by atoms with Crippen LogP contribution in [0, 0.1) is 0 Å². The molecule has 0 bridgehead atoms. The molecule has 0 aliphatic heterocycles. The molecular weight excluding hydrogens is 116 g/mol. The van der Waals surface area contributed by atoms with Crippen LogP contribution in [0.15, 0.2) is 0 Å². The third-order valence-corrected chi connectivity index (χ3v) is 2.45. The molecule has 6 heavy (non-hydrogen) atoms. The minimum absolute atomic E-state index is 0.340. The number of rotatable bonds is 2. The van der Waals surface area contributed by atoms with Gasteiger partial charge in [-0.25, -0.2) is 0 Å². The lowest BCUT2D eigenvalue weighted by Gasteiger charge is -2.00. The maximum atomic E-state index is 5.36. The van der Waals surface area contributed by atoms with E-state index in [4.69, 9.17) is 16.3 Å². The summed E-state index contributed by atoms with van der Waals surface area (Å²) in [6, 6.07) is 0. The van der Waals surface area contributed by atoms with Crippen LogP contribution in [0.4, 0.5) is 0 Å². The predicted molar refractivity (Wildman–Crippen MR) is 31.5 cm³/mol. The van der Waals surface area contributed by atoms with Crippen molar-refractivity contribution in [3.63, 3.8) is 0 Å². The first-order valence-electron chi connectivity index (χ1n) is 1.90. The van der Waals surface area contributed by atoms with Gasteiger partial charge in [-0.2, -0.15) is 0 Å². The fourth-order valence-corrected chi connectivity index (χ4v) is 0.189. The molecule has 38 valence electrons. The van der Waals surface area contributed by atoms with Crippen LogP contribution in [0.2, 0.25) is 0 Å². The van der Waals surface area contributed by atoms with Gasteiger partial charge in [0.2, 0.25) is 0 Å². The van der Waals surface area contributed by atoms with Gasteiger partial charge in [-0.1, -0.05) is 0 Å². The third kappa shape index (κ3) is 2.69. The highest BCUT2D eigenvalue weighted by molar-refractivity contribution is 6.23. The summed E-state index contributed by atoms with van der Waals surface area (Å²) in [7, 11) is 2.72. The summed E-state index contributed by atoms with van der Waals surface area (Å²) in [5.74, 6) is 0.642. The molecule has 0 aliphatic carbocycles. The highest BCUT2D eigenvalue weighted by Gasteiger charge is 1.90. The lowest BCUT2D eigenvalue weighted by molar-refractivity contribution is 0.184. The summed E-state index contributed by atoms with van der Waals surface area (Å²) < 4.78 is 4.83. The van der Waals surface area contributed by atoms with E-state index in [1.165, 1.54) is 0 Å². The minimum atomic E-state index is 0.340. The molecular formula is C3H9ClOSi. The number of hydrogen-bond acceptors (Lipinski definition) is 1. The van der Waals surface area contributed by atoms with E-state index in [0.29, 0.717) is 11.6 Å².